The lowest BCUT2D eigenvalue weighted by Gasteiger charge is -2.39. The van der Waals surface area contributed by atoms with Crippen LogP contribution in [-0.2, 0) is 4.74 Å². The molecule has 1 N–H and O–H groups in total. The number of rotatable bonds is 5. The van der Waals surface area contributed by atoms with Crippen molar-refractivity contribution in [2.75, 3.05) is 68.1 Å². The number of benzene rings is 2. The number of morpholine rings is 1. The Morgan fingerprint density at radius 1 is 1.03 bits per heavy atom. The minimum Gasteiger partial charge on any atom is -0.378 e. The van der Waals surface area contributed by atoms with Gasteiger partial charge in [-0.05, 0) is 38.2 Å². The second kappa shape index (κ2) is 10.6. The van der Waals surface area contributed by atoms with E-state index in [9.17, 15) is 4.79 Å². The molecule has 1 unspecified atom stereocenters. The monoisotopic (exact) mass is 490 g/mol. The Morgan fingerprint density at radius 3 is 2.44 bits per heavy atom. The average molecular weight is 491 g/mol. The molecule has 1 atom stereocenters. The molecule has 8 nitrogen and oxygen atoms in total. The summed E-state index contributed by atoms with van der Waals surface area (Å²) in [5, 5.41) is 3.03. The first-order chi connectivity index (χ1) is 17.5. The number of nitrogens with zero attached hydrogens (tertiary/aromatic N) is 5. The molecule has 188 valence electrons. The van der Waals surface area contributed by atoms with Crippen LogP contribution in [-0.4, -0.2) is 79.8 Å². The predicted octanol–water partition coefficient (Wildman–Crippen LogP) is 3.51. The smallest absolute Gasteiger partial charge is 0.255 e. The van der Waals surface area contributed by atoms with Gasteiger partial charge < -0.3 is 24.8 Å². The van der Waals surface area contributed by atoms with Crippen LogP contribution in [0, 0.1) is 5.82 Å². The number of hydrogen-bond acceptors (Lipinski definition) is 7. The van der Waals surface area contributed by atoms with E-state index < -0.39 is 0 Å². The van der Waals surface area contributed by atoms with Gasteiger partial charge in [-0.15, -0.1) is 0 Å². The Balaban J connectivity index is 1.48. The summed E-state index contributed by atoms with van der Waals surface area (Å²) < 4.78 is 20.9. The molecule has 1 amide bonds. The molecule has 2 aromatic carbocycles. The van der Waals surface area contributed by atoms with Crippen LogP contribution in [0.25, 0.3) is 11.1 Å². The number of anilines is 3. The zero-order valence-electron chi connectivity index (χ0n) is 20.7. The average Bonchev–Trinajstić information content (AvgIpc) is 2.92. The van der Waals surface area contributed by atoms with E-state index in [0.29, 0.717) is 53.3 Å². The number of nitrogens with one attached hydrogen (secondary N) is 1. The Labute approximate surface area is 210 Å². The van der Waals surface area contributed by atoms with Crippen LogP contribution >= 0.6 is 0 Å². The van der Waals surface area contributed by atoms with E-state index in [1.54, 1.807) is 30.6 Å². The van der Waals surface area contributed by atoms with Gasteiger partial charge in [-0.1, -0.05) is 18.2 Å². The van der Waals surface area contributed by atoms with Gasteiger partial charge in [0, 0.05) is 67.8 Å². The molecule has 2 aliphatic heterocycles. The van der Waals surface area contributed by atoms with E-state index in [2.05, 4.69) is 39.1 Å². The third-order valence-electron chi connectivity index (χ3n) is 6.91. The van der Waals surface area contributed by atoms with Gasteiger partial charge in [0.2, 0.25) is 5.95 Å². The lowest BCUT2D eigenvalue weighted by atomic mass is 10.0. The highest BCUT2D eigenvalue weighted by Gasteiger charge is 2.25. The molecule has 3 heterocycles. The minimum atomic E-state index is -0.378. The molecule has 3 aromatic rings. The summed E-state index contributed by atoms with van der Waals surface area (Å²) in [6, 6.07) is 12.5. The second-order valence-corrected chi connectivity index (χ2v) is 9.32. The van der Waals surface area contributed by atoms with Gasteiger partial charge in [0.25, 0.3) is 5.91 Å². The van der Waals surface area contributed by atoms with Crippen molar-refractivity contribution < 1.29 is 13.9 Å². The molecule has 2 aliphatic rings. The van der Waals surface area contributed by atoms with E-state index in [-0.39, 0.29) is 11.7 Å². The van der Waals surface area contributed by atoms with E-state index in [4.69, 9.17) is 4.74 Å². The molecule has 0 spiro atoms. The Hall–Kier alpha value is -3.56. The fourth-order valence-electron chi connectivity index (χ4n) is 4.58. The molecule has 5 rings (SSSR count). The normalized spacial score (nSPS) is 18.8. The van der Waals surface area contributed by atoms with Crippen LogP contribution in [0.4, 0.5) is 21.7 Å². The summed E-state index contributed by atoms with van der Waals surface area (Å²) in [5.41, 5.74) is 2.68. The van der Waals surface area contributed by atoms with Gasteiger partial charge in [-0.2, -0.15) is 0 Å². The van der Waals surface area contributed by atoms with Crippen molar-refractivity contribution in [3.63, 3.8) is 0 Å². The van der Waals surface area contributed by atoms with Crippen LogP contribution in [0.1, 0.15) is 17.3 Å². The van der Waals surface area contributed by atoms with E-state index in [1.165, 1.54) is 6.07 Å². The summed E-state index contributed by atoms with van der Waals surface area (Å²) >= 11 is 0. The van der Waals surface area contributed by atoms with Crippen molar-refractivity contribution >= 4 is 23.2 Å². The number of piperazine rings is 1. The number of ether oxygens (including phenoxy) is 1. The minimum absolute atomic E-state index is 0.240. The Kier molecular flexibility index (Phi) is 7.11. The van der Waals surface area contributed by atoms with E-state index >= 15 is 4.39 Å². The molecule has 36 heavy (non-hydrogen) atoms. The molecule has 2 fully saturated rings. The summed E-state index contributed by atoms with van der Waals surface area (Å²) in [7, 11) is 2.09. The number of carbonyl (C=O) groups excluding carboxylic acids is 1. The maximum atomic E-state index is 15.5. The topological polar surface area (TPSA) is 73.8 Å². The summed E-state index contributed by atoms with van der Waals surface area (Å²) in [6.45, 7) is 7.20. The summed E-state index contributed by atoms with van der Waals surface area (Å²) in [4.78, 5) is 28.5. The second-order valence-electron chi connectivity index (χ2n) is 9.32. The Morgan fingerprint density at radius 2 is 1.75 bits per heavy atom. The van der Waals surface area contributed by atoms with Gasteiger partial charge in [-0.25, -0.2) is 14.4 Å². The van der Waals surface area contributed by atoms with Crippen molar-refractivity contribution in [3.8, 4) is 11.1 Å². The Bertz CT molecular complexity index is 1200. The van der Waals surface area contributed by atoms with Crippen LogP contribution in [0.15, 0.2) is 54.9 Å². The highest BCUT2D eigenvalue weighted by molar-refractivity contribution is 6.06. The lowest BCUT2D eigenvalue weighted by molar-refractivity contribution is 0.102. The quantitative estimate of drug-likeness (QED) is 0.587. The van der Waals surface area contributed by atoms with Crippen LogP contribution < -0.4 is 15.1 Å². The fraction of sp³-hybridized carbons (Fsp3) is 0.370. The summed E-state index contributed by atoms with van der Waals surface area (Å²) in [5.74, 6) is -0.0179. The number of halogens is 1. The molecule has 9 heteroatoms. The number of aromatic nitrogens is 2. The number of hydrogen-bond donors (Lipinski definition) is 1. The maximum absolute atomic E-state index is 15.5. The lowest BCUT2D eigenvalue weighted by Crippen LogP contribution is -2.50. The van der Waals surface area contributed by atoms with Gasteiger partial charge in [0.15, 0.2) is 0 Å². The fourth-order valence-corrected chi connectivity index (χ4v) is 4.58. The van der Waals surface area contributed by atoms with Crippen LogP contribution in [0.3, 0.4) is 0 Å². The zero-order chi connectivity index (χ0) is 25.1. The van der Waals surface area contributed by atoms with E-state index in [1.807, 2.05) is 23.1 Å². The molecule has 0 radical (unpaired) electrons. The van der Waals surface area contributed by atoms with Crippen LogP contribution in [0.5, 0.6) is 0 Å². The number of carbonyl (C=O) groups is 1. The van der Waals surface area contributed by atoms with Crippen molar-refractivity contribution in [3.05, 3.63) is 66.2 Å². The largest absolute Gasteiger partial charge is 0.378 e. The highest BCUT2D eigenvalue weighted by Crippen LogP contribution is 2.35. The third-order valence-corrected chi connectivity index (χ3v) is 6.91. The molecule has 0 aliphatic carbocycles. The van der Waals surface area contributed by atoms with Crippen molar-refractivity contribution in [1.82, 2.24) is 14.9 Å². The van der Waals surface area contributed by atoms with Gasteiger partial charge in [-0.3, -0.25) is 4.79 Å². The highest BCUT2D eigenvalue weighted by atomic mass is 19.1. The van der Waals surface area contributed by atoms with Crippen molar-refractivity contribution in [2.24, 2.45) is 0 Å². The van der Waals surface area contributed by atoms with Crippen molar-refractivity contribution in [2.45, 2.75) is 13.0 Å². The maximum Gasteiger partial charge on any atom is 0.255 e. The first kappa shape index (κ1) is 24.1. The number of likely N-dealkylation sites (N-methyl/N-ethyl adjacent to an activating group) is 1. The molecule has 1 aromatic heterocycles. The summed E-state index contributed by atoms with van der Waals surface area (Å²) in [6.07, 6.45) is 3.27. The molecular formula is C27H31FN6O2. The SMILES string of the molecule is CC1CN(c2cc(F)c(-c3cnc(N4CCOCC4)nc3)cc2NC(=O)c2ccccc2)CCN1C. The van der Waals surface area contributed by atoms with Gasteiger partial charge in [0.05, 0.1) is 24.6 Å². The van der Waals surface area contributed by atoms with Gasteiger partial charge >= 0.3 is 0 Å². The zero-order valence-corrected chi connectivity index (χ0v) is 20.7. The molecule has 2 saturated heterocycles. The standard InChI is InChI=1S/C27H31FN6O2/c1-19-18-34(9-8-32(19)2)25-15-23(28)22(14-24(25)31-26(35)20-6-4-3-5-7-20)21-16-29-27(30-17-21)33-10-12-36-13-11-33/h3-7,14-17,19H,8-13,18H2,1-2H3,(H,31,35). The first-order valence-electron chi connectivity index (χ1n) is 12.3. The molecule has 0 bridgehead atoms. The van der Waals surface area contributed by atoms with Crippen LogP contribution in [0.2, 0.25) is 0 Å². The first-order valence-corrected chi connectivity index (χ1v) is 12.3. The molecular weight excluding hydrogens is 459 g/mol. The van der Waals surface area contributed by atoms with Crippen molar-refractivity contribution in [1.29, 1.82) is 0 Å². The third kappa shape index (κ3) is 5.17. The van der Waals surface area contributed by atoms with Gasteiger partial charge in [0.1, 0.15) is 5.82 Å². The predicted molar refractivity (Wildman–Crippen MR) is 139 cm³/mol. The molecule has 0 saturated carbocycles. The number of amides is 1. The van der Waals surface area contributed by atoms with E-state index in [0.717, 1.165) is 32.7 Å².